The summed E-state index contributed by atoms with van der Waals surface area (Å²) in [5.74, 6) is 2.49. The van der Waals surface area contributed by atoms with Crippen LogP contribution in [0.4, 0.5) is 17.8 Å². The van der Waals surface area contributed by atoms with Gasteiger partial charge in [-0.15, -0.1) is 0 Å². The van der Waals surface area contributed by atoms with Crippen molar-refractivity contribution in [2.75, 3.05) is 54.6 Å². The molecule has 2 aliphatic rings. The fraction of sp³-hybridized carbons (Fsp3) is 0.385. The molecule has 3 aromatic rings. The molecule has 2 saturated heterocycles. The van der Waals surface area contributed by atoms with Gasteiger partial charge >= 0.3 is 0 Å². The Morgan fingerprint density at radius 1 is 0.889 bits per heavy atom. The van der Waals surface area contributed by atoms with Gasteiger partial charge in [-0.3, -0.25) is 0 Å². The Morgan fingerprint density at radius 2 is 1.58 bits per heavy atom. The van der Waals surface area contributed by atoms with Crippen molar-refractivity contribution < 1.29 is 9.47 Å². The third-order valence-electron chi connectivity index (χ3n) is 6.14. The lowest BCUT2D eigenvalue weighted by Crippen LogP contribution is -2.38. The van der Waals surface area contributed by atoms with Crippen LogP contribution < -0.4 is 20.0 Å². The van der Waals surface area contributed by atoms with E-state index in [1.54, 1.807) is 6.21 Å². The first-order chi connectivity index (χ1) is 17.7. The quantitative estimate of drug-likeness (QED) is 0.355. The lowest BCUT2D eigenvalue weighted by Gasteiger charge is -2.30. The van der Waals surface area contributed by atoms with Crippen LogP contribution in [0.2, 0.25) is 5.02 Å². The Labute approximate surface area is 216 Å². The molecule has 1 N–H and O–H groups in total. The lowest BCUT2D eigenvalue weighted by molar-refractivity contribution is 0.122. The van der Waals surface area contributed by atoms with Gasteiger partial charge in [-0.25, -0.2) is 5.43 Å². The van der Waals surface area contributed by atoms with Gasteiger partial charge in [-0.05, 0) is 49.1 Å². The summed E-state index contributed by atoms with van der Waals surface area (Å²) >= 11 is 5.98. The van der Waals surface area contributed by atoms with Crippen LogP contribution in [-0.2, 0) is 11.3 Å². The van der Waals surface area contributed by atoms with E-state index in [-0.39, 0.29) is 0 Å². The Bertz CT molecular complexity index is 1130. The number of para-hydroxylation sites is 1. The second-order valence-corrected chi connectivity index (χ2v) is 9.17. The lowest BCUT2D eigenvalue weighted by atomic mass is 10.1. The van der Waals surface area contributed by atoms with Crippen molar-refractivity contribution in [3.8, 4) is 5.75 Å². The molecule has 3 heterocycles. The second-order valence-electron chi connectivity index (χ2n) is 8.73. The molecule has 2 aromatic carbocycles. The first-order valence-electron chi connectivity index (χ1n) is 12.3. The summed E-state index contributed by atoms with van der Waals surface area (Å²) in [4.78, 5) is 18.4. The topological polar surface area (TPSA) is 88.0 Å². The maximum Gasteiger partial charge on any atom is 0.250 e. The highest BCUT2D eigenvalue weighted by atomic mass is 35.5. The molecular formula is C26H30ClN7O2. The number of benzene rings is 2. The van der Waals surface area contributed by atoms with E-state index in [0.717, 1.165) is 55.9 Å². The van der Waals surface area contributed by atoms with E-state index in [1.807, 2.05) is 48.5 Å². The first kappa shape index (κ1) is 24.3. The molecule has 36 heavy (non-hydrogen) atoms. The molecule has 0 atom stereocenters. The minimum Gasteiger partial charge on any atom is -0.488 e. The van der Waals surface area contributed by atoms with Crippen molar-refractivity contribution >= 4 is 35.7 Å². The van der Waals surface area contributed by atoms with Gasteiger partial charge < -0.3 is 19.3 Å². The Morgan fingerprint density at radius 3 is 2.33 bits per heavy atom. The summed E-state index contributed by atoms with van der Waals surface area (Å²) in [6.07, 6.45) is 5.25. The van der Waals surface area contributed by atoms with Crippen molar-refractivity contribution in [2.45, 2.75) is 25.9 Å². The first-order valence-corrected chi connectivity index (χ1v) is 12.7. The summed E-state index contributed by atoms with van der Waals surface area (Å²) in [5.41, 5.74) is 4.89. The number of halogens is 1. The van der Waals surface area contributed by atoms with Gasteiger partial charge in [0.15, 0.2) is 0 Å². The highest BCUT2D eigenvalue weighted by molar-refractivity contribution is 6.30. The molecule has 0 unspecified atom stereocenters. The predicted molar refractivity (Wildman–Crippen MR) is 142 cm³/mol. The molecule has 2 aliphatic heterocycles. The molecule has 5 rings (SSSR count). The van der Waals surface area contributed by atoms with E-state index in [1.165, 1.54) is 6.42 Å². The molecule has 2 fully saturated rings. The summed E-state index contributed by atoms with van der Waals surface area (Å²) in [6.45, 7) is 5.18. The summed E-state index contributed by atoms with van der Waals surface area (Å²) in [7, 11) is 0. The number of ether oxygens (including phenoxy) is 2. The van der Waals surface area contributed by atoms with E-state index in [9.17, 15) is 0 Å². The molecule has 9 nitrogen and oxygen atoms in total. The predicted octanol–water partition coefficient (Wildman–Crippen LogP) is 4.38. The van der Waals surface area contributed by atoms with Gasteiger partial charge in [-0.2, -0.15) is 20.1 Å². The van der Waals surface area contributed by atoms with Crippen molar-refractivity contribution in [1.29, 1.82) is 0 Å². The molecule has 0 radical (unpaired) electrons. The molecule has 0 aliphatic carbocycles. The largest absolute Gasteiger partial charge is 0.488 e. The minimum atomic E-state index is 0.419. The number of nitrogens with zero attached hydrogens (tertiary/aromatic N) is 6. The average molecular weight is 508 g/mol. The van der Waals surface area contributed by atoms with Crippen molar-refractivity contribution in [3.05, 3.63) is 64.7 Å². The molecule has 1 aromatic heterocycles. The average Bonchev–Trinajstić information content (AvgIpc) is 2.94. The van der Waals surface area contributed by atoms with Crippen LogP contribution >= 0.6 is 11.6 Å². The fourth-order valence-electron chi connectivity index (χ4n) is 4.16. The molecule has 10 heteroatoms. The number of aromatic nitrogens is 3. The fourth-order valence-corrected chi connectivity index (χ4v) is 4.29. The van der Waals surface area contributed by atoms with Gasteiger partial charge in [0.2, 0.25) is 17.8 Å². The maximum atomic E-state index is 6.03. The molecule has 188 valence electrons. The van der Waals surface area contributed by atoms with E-state index < -0.39 is 0 Å². The molecule has 0 saturated carbocycles. The van der Waals surface area contributed by atoms with Crippen LogP contribution in [0.25, 0.3) is 0 Å². The monoisotopic (exact) mass is 507 g/mol. The van der Waals surface area contributed by atoms with Crippen molar-refractivity contribution in [2.24, 2.45) is 5.10 Å². The summed E-state index contributed by atoms with van der Waals surface area (Å²) in [5, 5.41) is 5.13. The zero-order chi connectivity index (χ0) is 24.6. The van der Waals surface area contributed by atoms with E-state index >= 15 is 0 Å². The van der Waals surface area contributed by atoms with Gasteiger partial charge in [0.1, 0.15) is 12.4 Å². The Hall–Kier alpha value is -3.43. The van der Waals surface area contributed by atoms with Gasteiger partial charge in [0.25, 0.3) is 0 Å². The van der Waals surface area contributed by atoms with Crippen molar-refractivity contribution in [3.63, 3.8) is 0 Å². The van der Waals surface area contributed by atoms with Crippen LogP contribution in [0.1, 0.15) is 30.4 Å². The number of hydrogen-bond acceptors (Lipinski definition) is 9. The Kier molecular flexibility index (Phi) is 8.10. The van der Waals surface area contributed by atoms with E-state index in [0.29, 0.717) is 42.7 Å². The molecule has 0 bridgehead atoms. The van der Waals surface area contributed by atoms with E-state index in [2.05, 4.69) is 30.3 Å². The SMILES string of the molecule is Clc1ccc(COc2ccccc2C=NNc2nc(N3CCCCC3)nc(N3CCOCC3)n2)cc1. The van der Waals surface area contributed by atoms with Crippen LogP contribution in [-0.4, -0.2) is 60.6 Å². The summed E-state index contributed by atoms with van der Waals surface area (Å²) in [6, 6.07) is 15.4. The molecule has 0 amide bonds. The van der Waals surface area contributed by atoms with Crippen LogP contribution in [0, 0.1) is 0 Å². The van der Waals surface area contributed by atoms with Crippen LogP contribution in [0.3, 0.4) is 0 Å². The maximum absolute atomic E-state index is 6.03. The van der Waals surface area contributed by atoms with Gasteiger partial charge in [-0.1, -0.05) is 35.9 Å². The zero-order valence-corrected chi connectivity index (χ0v) is 20.9. The number of anilines is 3. The van der Waals surface area contributed by atoms with Gasteiger partial charge in [0, 0.05) is 36.8 Å². The minimum absolute atomic E-state index is 0.419. The summed E-state index contributed by atoms with van der Waals surface area (Å²) < 4.78 is 11.5. The standard InChI is InChI=1S/C26H30ClN7O2/c27-22-10-8-20(9-11-22)19-36-23-7-3-2-6-21(23)18-28-32-24-29-25(33-12-4-1-5-13-33)31-26(30-24)34-14-16-35-17-15-34/h2-3,6-11,18H,1,4-5,12-17,19H2,(H,29,30,31,32). The van der Waals surface area contributed by atoms with Gasteiger partial charge in [0.05, 0.1) is 19.4 Å². The third kappa shape index (κ3) is 6.41. The number of hydrazone groups is 1. The number of rotatable bonds is 8. The second kappa shape index (κ2) is 12.0. The number of morpholine rings is 1. The highest BCUT2D eigenvalue weighted by Crippen LogP contribution is 2.22. The highest BCUT2D eigenvalue weighted by Gasteiger charge is 2.20. The Balaban J connectivity index is 1.31. The van der Waals surface area contributed by atoms with Crippen LogP contribution in [0.15, 0.2) is 53.6 Å². The van der Waals surface area contributed by atoms with Crippen molar-refractivity contribution in [1.82, 2.24) is 15.0 Å². The molecular weight excluding hydrogens is 478 g/mol. The number of hydrogen-bond donors (Lipinski definition) is 1. The zero-order valence-electron chi connectivity index (χ0n) is 20.1. The van der Waals surface area contributed by atoms with E-state index in [4.69, 9.17) is 26.1 Å². The van der Waals surface area contributed by atoms with Crippen LogP contribution in [0.5, 0.6) is 5.75 Å². The third-order valence-corrected chi connectivity index (χ3v) is 6.39. The number of nitrogens with one attached hydrogen (secondary N) is 1. The smallest absolute Gasteiger partial charge is 0.250 e. The molecule has 0 spiro atoms. The number of piperidine rings is 1. The normalized spacial score (nSPS) is 16.4.